The highest BCUT2D eigenvalue weighted by molar-refractivity contribution is 4.73. The predicted octanol–water partition coefficient (Wildman–Crippen LogP) is -0.470. The molecule has 1 atom stereocenters. The average molecular weight is 130 g/mol. The number of aliphatic hydroxyl groups excluding tert-OH is 1. The number of aliphatic hydroxyl groups is 1. The second kappa shape index (κ2) is 2.64. The van der Waals surface area contributed by atoms with Crippen LogP contribution < -0.4 is 0 Å². The quantitative estimate of drug-likeness (QED) is 0.520. The van der Waals surface area contributed by atoms with Crippen molar-refractivity contribution in [3.8, 4) is 0 Å². The van der Waals surface area contributed by atoms with E-state index in [1.165, 1.54) is 0 Å². The second-order valence-electron chi connectivity index (χ2n) is 2.58. The monoisotopic (exact) mass is 130 g/mol. The molecular weight excluding hydrogens is 116 g/mol. The molecule has 0 aromatic rings. The minimum absolute atomic E-state index is 0.279. The van der Waals surface area contributed by atoms with Crippen molar-refractivity contribution in [1.29, 1.82) is 0 Å². The van der Waals surface area contributed by atoms with E-state index in [1.54, 1.807) is 0 Å². The Hall–Kier alpha value is -0.120. The van der Waals surface area contributed by atoms with Crippen LogP contribution in [-0.2, 0) is 0 Å². The SMILES string of the molecule is CN1CCC(CO)N1C. The molecule has 1 saturated heterocycles. The molecule has 0 bridgehead atoms. The van der Waals surface area contributed by atoms with Crippen molar-refractivity contribution < 1.29 is 5.11 Å². The third-order valence-corrected chi connectivity index (χ3v) is 2.06. The van der Waals surface area contributed by atoms with E-state index >= 15 is 0 Å². The highest BCUT2D eigenvalue weighted by Gasteiger charge is 2.24. The third kappa shape index (κ3) is 1.23. The number of hydrogen-bond donors (Lipinski definition) is 1. The molecule has 3 nitrogen and oxygen atoms in total. The summed E-state index contributed by atoms with van der Waals surface area (Å²) in [5, 5.41) is 13.0. The second-order valence-corrected chi connectivity index (χ2v) is 2.58. The maximum absolute atomic E-state index is 8.79. The van der Waals surface area contributed by atoms with Crippen molar-refractivity contribution >= 4 is 0 Å². The van der Waals surface area contributed by atoms with Crippen molar-refractivity contribution in [2.75, 3.05) is 27.2 Å². The molecule has 0 aromatic carbocycles. The highest BCUT2D eigenvalue weighted by Crippen LogP contribution is 2.12. The first-order valence-electron chi connectivity index (χ1n) is 3.30. The zero-order chi connectivity index (χ0) is 6.85. The Morgan fingerprint density at radius 2 is 2.22 bits per heavy atom. The lowest BCUT2D eigenvalue weighted by Gasteiger charge is -2.23. The van der Waals surface area contributed by atoms with E-state index in [-0.39, 0.29) is 6.61 Å². The first-order chi connectivity index (χ1) is 4.25. The largest absolute Gasteiger partial charge is 0.395 e. The molecular formula is C6H14N2O. The van der Waals surface area contributed by atoms with Gasteiger partial charge in [0.05, 0.1) is 6.61 Å². The Labute approximate surface area is 55.8 Å². The number of hydrogen-bond acceptors (Lipinski definition) is 3. The first kappa shape index (κ1) is 6.99. The van der Waals surface area contributed by atoms with Gasteiger partial charge in [-0.25, -0.2) is 10.0 Å². The summed E-state index contributed by atoms with van der Waals surface area (Å²) in [7, 11) is 4.05. The fourth-order valence-electron chi connectivity index (χ4n) is 1.17. The van der Waals surface area contributed by atoms with Gasteiger partial charge in [0.2, 0.25) is 0 Å². The third-order valence-electron chi connectivity index (χ3n) is 2.06. The van der Waals surface area contributed by atoms with Crippen molar-refractivity contribution in [2.24, 2.45) is 0 Å². The van der Waals surface area contributed by atoms with Gasteiger partial charge in [-0.2, -0.15) is 0 Å². The van der Waals surface area contributed by atoms with Crippen LogP contribution in [0.4, 0.5) is 0 Å². The molecule has 0 aliphatic carbocycles. The van der Waals surface area contributed by atoms with E-state index in [1.807, 2.05) is 14.1 Å². The molecule has 0 aromatic heterocycles. The van der Waals surface area contributed by atoms with Crippen LogP contribution in [0.15, 0.2) is 0 Å². The minimum Gasteiger partial charge on any atom is -0.395 e. The van der Waals surface area contributed by atoms with Gasteiger partial charge < -0.3 is 5.11 Å². The number of likely N-dealkylation sites (N-methyl/N-ethyl adjacent to an activating group) is 1. The molecule has 0 spiro atoms. The summed E-state index contributed by atoms with van der Waals surface area (Å²) >= 11 is 0. The van der Waals surface area contributed by atoms with Gasteiger partial charge in [-0.3, -0.25) is 0 Å². The molecule has 0 radical (unpaired) electrons. The zero-order valence-electron chi connectivity index (χ0n) is 6.04. The van der Waals surface area contributed by atoms with Crippen LogP contribution in [0.1, 0.15) is 6.42 Å². The summed E-state index contributed by atoms with van der Waals surface area (Å²) in [5.74, 6) is 0. The van der Waals surface area contributed by atoms with E-state index in [2.05, 4.69) is 10.0 Å². The molecule has 9 heavy (non-hydrogen) atoms. The molecule has 1 aliphatic heterocycles. The lowest BCUT2D eigenvalue weighted by atomic mass is 10.2. The van der Waals surface area contributed by atoms with Gasteiger partial charge in [0.25, 0.3) is 0 Å². The van der Waals surface area contributed by atoms with Gasteiger partial charge in [-0.05, 0) is 6.42 Å². The van der Waals surface area contributed by atoms with Crippen molar-refractivity contribution in [2.45, 2.75) is 12.5 Å². The van der Waals surface area contributed by atoms with Crippen molar-refractivity contribution in [1.82, 2.24) is 10.0 Å². The van der Waals surface area contributed by atoms with Crippen LogP contribution in [0, 0.1) is 0 Å². The lowest BCUT2D eigenvalue weighted by Crippen LogP contribution is -2.36. The van der Waals surface area contributed by atoms with E-state index in [9.17, 15) is 0 Å². The minimum atomic E-state index is 0.279. The van der Waals surface area contributed by atoms with Crippen LogP contribution in [0.3, 0.4) is 0 Å². The Balaban J connectivity index is 2.41. The Morgan fingerprint density at radius 3 is 2.44 bits per heavy atom. The van der Waals surface area contributed by atoms with Crippen molar-refractivity contribution in [3.63, 3.8) is 0 Å². The molecule has 1 aliphatic rings. The van der Waals surface area contributed by atoms with Gasteiger partial charge in [0.15, 0.2) is 0 Å². The maximum atomic E-state index is 8.79. The predicted molar refractivity (Wildman–Crippen MR) is 35.9 cm³/mol. The van der Waals surface area contributed by atoms with Gasteiger partial charge in [-0.15, -0.1) is 0 Å². The Bertz CT molecular complexity index is 97.1. The van der Waals surface area contributed by atoms with Crippen molar-refractivity contribution in [3.05, 3.63) is 0 Å². The number of nitrogens with zero attached hydrogens (tertiary/aromatic N) is 2. The van der Waals surface area contributed by atoms with Crippen LogP contribution in [-0.4, -0.2) is 48.4 Å². The normalized spacial score (nSPS) is 31.7. The maximum Gasteiger partial charge on any atom is 0.0601 e. The molecule has 3 heteroatoms. The number of hydrazine groups is 1. The van der Waals surface area contributed by atoms with E-state index < -0.39 is 0 Å². The van der Waals surface area contributed by atoms with Crippen LogP contribution in [0.5, 0.6) is 0 Å². The van der Waals surface area contributed by atoms with Gasteiger partial charge in [-0.1, -0.05) is 0 Å². The van der Waals surface area contributed by atoms with Crippen LogP contribution in [0.2, 0.25) is 0 Å². The first-order valence-corrected chi connectivity index (χ1v) is 3.30. The van der Waals surface area contributed by atoms with Crippen LogP contribution in [0.25, 0.3) is 0 Å². The lowest BCUT2D eigenvalue weighted by molar-refractivity contribution is 0.0308. The summed E-state index contributed by atoms with van der Waals surface area (Å²) in [6, 6.07) is 0.356. The fraction of sp³-hybridized carbons (Fsp3) is 1.00. The molecule has 0 amide bonds. The molecule has 1 rings (SSSR count). The summed E-state index contributed by atoms with van der Waals surface area (Å²) < 4.78 is 0. The Morgan fingerprint density at radius 1 is 1.56 bits per heavy atom. The summed E-state index contributed by atoms with van der Waals surface area (Å²) in [6.45, 7) is 1.35. The molecule has 1 fully saturated rings. The molecule has 54 valence electrons. The topological polar surface area (TPSA) is 26.7 Å². The zero-order valence-corrected chi connectivity index (χ0v) is 6.04. The van der Waals surface area contributed by atoms with E-state index in [4.69, 9.17) is 5.11 Å². The van der Waals surface area contributed by atoms with E-state index in [0.29, 0.717) is 6.04 Å². The summed E-state index contributed by atoms with van der Waals surface area (Å²) in [6.07, 6.45) is 1.09. The van der Waals surface area contributed by atoms with Gasteiger partial charge >= 0.3 is 0 Å². The van der Waals surface area contributed by atoms with Gasteiger partial charge in [0.1, 0.15) is 0 Å². The summed E-state index contributed by atoms with van der Waals surface area (Å²) in [4.78, 5) is 0. The fourth-order valence-corrected chi connectivity index (χ4v) is 1.17. The highest BCUT2D eigenvalue weighted by atomic mass is 16.3. The van der Waals surface area contributed by atoms with Gasteiger partial charge in [0, 0.05) is 26.7 Å². The standard InChI is InChI=1S/C6H14N2O/c1-7-4-3-6(5-9)8(7)2/h6,9H,3-5H2,1-2H3. The molecule has 1 unspecified atom stereocenters. The Kier molecular flexibility index (Phi) is 2.05. The summed E-state index contributed by atoms with van der Waals surface area (Å²) in [5.41, 5.74) is 0. The van der Waals surface area contributed by atoms with E-state index in [0.717, 1.165) is 13.0 Å². The number of rotatable bonds is 1. The molecule has 0 saturated carbocycles. The van der Waals surface area contributed by atoms with Crippen LogP contribution >= 0.6 is 0 Å². The molecule has 1 N–H and O–H groups in total. The smallest absolute Gasteiger partial charge is 0.0601 e. The average Bonchev–Trinajstić information content (AvgIpc) is 2.15. The molecule has 1 heterocycles.